The Bertz CT molecular complexity index is 971. The summed E-state index contributed by atoms with van der Waals surface area (Å²) < 4.78 is 5.14. The third-order valence-corrected chi connectivity index (χ3v) is 5.34. The first-order valence-electron chi connectivity index (χ1n) is 9.09. The summed E-state index contributed by atoms with van der Waals surface area (Å²) in [4.78, 5) is 22.0. The number of anilines is 1. The minimum Gasteiger partial charge on any atom is -0.497 e. The molecule has 0 unspecified atom stereocenters. The molecule has 8 heteroatoms. The van der Waals surface area contributed by atoms with E-state index in [0.29, 0.717) is 10.8 Å². The van der Waals surface area contributed by atoms with Crippen molar-refractivity contribution < 1.29 is 9.53 Å². The Morgan fingerprint density at radius 2 is 2.11 bits per heavy atom. The van der Waals surface area contributed by atoms with E-state index in [9.17, 15) is 4.79 Å². The van der Waals surface area contributed by atoms with Crippen molar-refractivity contribution in [1.82, 2.24) is 14.9 Å². The number of hydrogen-bond donors (Lipinski definition) is 2. The van der Waals surface area contributed by atoms with Crippen molar-refractivity contribution in [2.45, 2.75) is 12.8 Å². The van der Waals surface area contributed by atoms with Gasteiger partial charge in [0, 0.05) is 30.2 Å². The van der Waals surface area contributed by atoms with Crippen molar-refractivity contribution in [1.29, 1.82) is 0 Å². The first-order valence-corrected chi connectivity index (χ1v) is 9.97. The van der Waals surface area contributed by atoms with Crippen molar-refractivity contribution in [2.24, 2.45) is 5.10 Å². The van der Waals surface area contributed by atoms with E-state index < -0.39 is 0 Å². The number of methoxy groups -OCH3 is 1. The number of nitrogens with one attached hydrogen (secondary N) is 2. The van der Waals surface area contributed by atoms with Crippen LogP contribution in [-0.2, 0) is 0 Å². The summed E-state index contributed by atoms with van der Waals surface area (Å²) in [6.45, 7) is 1.67. The molecule has 1 saturated heterocycles. The number of amides is 1. The van der Waals surface area contributed by atoms with Gasteiger partial charge in [-0.15, -0.1) is 11.3 Å². The van der Waals surface area contributed by atoms with Gasteiger partial charge in [-0.1, -0.05) is 0 Å². The molecule has 4 rings (SSSR count). The van der Waals surface area contributed by atoms with Gasteiger partial charge < -0.3 is 14.6 Å². The van der Waals surface area contributed by atoms with Gasteiger partial charge in [0.15, 0.2) is 0 Å². The number of likely N-dealkylation sites (tertiary alicyclic amines) is 1. The molecule has 1 amide bonds. The van der Waals surface area contributed by atoms with Crippen LogP contribution in [-0.4, -0.2) is 47.2 Å². The predicted molar refractivity (Wildman–Crippen MR) is 111 cm³/mol. The first-order chi connectivity index (χ1) is 13.7. The molecular formula is C20H21N5O2S. The van der Waals surface area contributed by atoms with Crippen LogP contribution in [0.25, 0.3) is 11.3 Å². The maximum atomic E-state index is 12.5. The first kappa shape index (κ1) is 18.2. The Labute approximate surface area is 167 Å². The molecule has 28 heavy (non-hydrogen) atoms. The van der Waals surface area contributed by atoms with E-state index in [-0.39, 0.29) is 5.91 Å². The van der Waals surface area contributed by atoms with Gasteiger partial charge in [-0.05, 0) is 48.7 Å². The Kier molecular flexibility index (Phi) is 5.38. The number of rotatable bonds is 6. The summed E-state index contributed by atoms with van der Waals surface area (Å²) in [5, 5.41) is 6.85. The molecule has 1 aromatic carbocycles. The van der Waals surface area contributed by atoms with E-state index in [0.717, 1.165) is 48.5 Å². The van der Waals surface area contributed by atoms with Crippen LogP contribution in [0.5, 0.6) is 5.75 Å². The van der Waals surface area contributed by atoms with E-state index in [1.165, 1.54) is 11.3 Å². The van der Waals surface area contributed by atoms with Gasteiger partial charge >= 0.3 is 0 Å². The Morgan fingerprint density at radius 3 is 2.86 bits per heavy atom. The molecular weight excluding hydrogens is 374 g/mol. The van der Waals surface area contributed by atoms with Gasteiger partial charge in [-0.3, -0.25) is 10.2 Å². The molecule has 7 nitrogen and oxygen atoms in total. The second-order valence-electron chi connectivity index (χ2n) is 6.48. The maximum absolute atomic E-state index is 12.5. The van der Waals surface area contributed by atoms with Crippen molar-refractivity contribution in [3.05, 3.63) is 53.2 Å². The van der Waals surface area contributed by atoms with E-state index in [2.05, 4.69) is 20.5 Å². The minimum absolute atomic E-state index is 0.0569. The Hall–Kier alpha value is -3.13. The number of ether oxygens (including phenoxy) is 1. The summed E-state index contributed by atoms with van der Waals surface area (Å²) in [6, 6.07) is 9.48. The van der Waals surface area contributed by atoms with Crippen LogP contribution >= 0.6 is 11.3 Å². The number of hydrogen-bond acceptors (Lipinski definition) is 6. The van der Waals surface area contributed by atoms with Gasteiger partial charge in [-0.25, -0.2) is 4.98 Å². The summed E-state index contributed by atoms with van der Waals surface area (Å²) in [5.74, 6) is 0.866. The van der Waals surface area contributed by atoms with E-state index in [1.807, 2.05) is 46.8 Å². The monoisotopic (exact) mass is 395 g/mol. The van der Waals surface area contributed by atoms with Crippen LogP contribution < -0.4 is 10.2 Å². The summed E-state index contributed by atoms with van der Waals surface area (Å²) >= 11 is 1.46. The lowest BCUT2D eigenvalue weighted by atomic mass is 10.2. The number of H-pyrrole nitrogens is 1. The summed E-state index contributed by atoms with van der Waals surface area (Å²) in [7, 11) is 1.64. The fourth-order valence-electron chi connectivity index (χ4n) is 3.07. The summed E-state index contributed by atoms with van der Waals surface area (Å²) in [5.41, 5.74) is 6.22. The van der Waals surface area contributed by atoms with Gasteiger partial charge in [0.25, 0.3) is 5.91 Å². The zero-order chi connectivity index (χ0) is 19.3. The van der Waals surface area contributed by atoms with Crippen LogP contribution in [0.4, 0.5) is 5.13 Å². The Morgan fingerprint density at radius 1 is 1.32 bits per heavy atom. The van der Waals surface area contributed by atoms with E-state index in [4.69, 9.17) is 4.74 Å². The molecule has 0 saturated carbocycles. The van der Waals surface area contributed by atoms with Gasteiger partial charge in [0.1, 0.15) is 11.4 Å². The standard InChI is InChI=1S/C20H21N5O2S/c1-27-16-6-4-14(5-7-16)11-22-24-20-23-18(13-28-20)15-10-17(21-12-15)19(26)25-8-2-3-9-25/h4-7,10-13,21H,2-3,8-9H2,1H3,(H,23,24)/b22-11+. The Balaban J connectivity index is 1.38. The van der Waals surface area contributed by atoms with Crippen molar-refractivity contribution in [3.63, 3.8) is 0 Å². The molecule has 1 fully saturated rings. The zero-order valence-corrected chi connectivity index (χ0v) is 16.3. The molecule has 2 N–H and O–H groups in total. The SMILES string of the molecule is COc1ccc(/C=N/Nc2nc(-c3c[nH]c(C(=O)N4CCCC4)c3)cs2)cc1. The lowest BCUT2D eigenvalue weighted by Crippen LogP contribution is -2.27. The van der Waals surface area contributed by atoms with Crippen molar-refractivity contribution >= 4 is 28.6 Å². The lowest BCUT2D eigenvalue weighted by molar-refractivity contribution is 0.0788. The predicted octanol–water partition coefficient (Wildman–Crippen LogP) is 3.83. The number of hydrazone groups is 1. The maximum Gasteiger partial charge on any atom is 0.270 e. The second kappa shape index (κ2) is 8.26. The van der Waals surface area contributed by atoms with Crippen LogP contribution in [0, 0.1) is 0 Å². The fraction of sp³-hybridized carbons (Fsp3) is 0.250. The van der Waals surface area contributed by atoms with Crippen molar-refractivity contribution in [3.8, 4) is 17.0 Å². The average molecular weight is 395 g/mol. The van der Waals surface area contributed by atoms with Gasteiger partial charge in [0.05, 0.1) is 19.0 Å². The molecule has 0 radical (unpaired) electrons. The lowest BCUT2D eigenvalue weighted by Gasteiger charge is -2.13. The number of nitrogens with zero attached hydrogens (tertiary/aromatic N) is 3. The van der Waals surface area contributed by atoms with E-state index in [1.54, 1.807) is 13.3 Å². The minimum atomic E-state index is 0.0569. The second-order valence-corrected chi connectivity index (χ2v) is 7.34. The van der Waals surface area contributed by atoms with Crippen LogP contribution in [0.2, 0.25) is 0 Å². The molecule has 3 heterocycles. The molecule has 1 aliphatic rings. The molecule has 1 aliphatic heterocycles. The van der Waals surface area contributed by atoms with Gasteiger partial charge in [0.2, 0.25) is 5.13 Å². The molecule has 2 aromatic heterocycles. The molecule has 144 valence electrons. The average Bonchev–Trinajstić information content (AvgIpc) is 3.49. The van der Waals surface area contributed by atoms with Crippen LogP contribution in [0.15, 0.2) is 47.0 Å². The largest absolute Gasteiger partial charge is 0.497 e. The highest BCUT2D eigenvalue weighted by atomic mass is 32.1. The highest BCUT2D eigenvalue weighted by Crippen LogP contribution is 2.26. The van der Waals surface area contributed by atoms with Gasteiger partial charge in [-0.2, -0.15) is 5.10 Å². The number of aromatic amines is 1. The number of benzene rings is 1. The van der Waals surface area contributed by atoms with Crippen LogP contribution in [0.1, 0.15) is 28.9 Å². The molecule has 0 aliphatic carbocycles. The molecule has 0 spiro atoms. The normalized spacial score (nSPS) is 14.0. The fourth-order valence-corrected chi connectivity index (χ4v) is 3.73. The van der Waals surface area contributed by atoms with Crippen molar-refractivity contribution in [2.75, 3.05) is 25.6 Å². The van der Waals surface area contributed by atoms with Crippen LogP contribution in [0.3, 0.4) is 0 Å². The summed E-state index contributed by atoms with van der Waals surface area (Å²) in [6.07, 6.45) is 5.71. The molecule has 0 bridgehead atoms. The molecule has 0 atom stereocenters. The highest BCUT2D eigenvalue weighted by Gasteiger charge is 2.21. The number of carbonyl (C=O) groups is 1. The highest BCUT2D eigenvalue weighted by molar-refractivity contribution is 7.14. The number of aromatic nitrogens is 2. The zero-order valence-electron chi connectivity index (χ0n) is 15.5. The topological polar surface area (TPSA) is 82.6 Å². The quantitative estimate of drug-likeness (QED) is 0.491. The number of thiazole rings is 1. The molecule has 3 aromatic rings. The third-order valence-electron chi connectivity index (χ3n) is 4.60. The number of carbonyl (C=O) groups excluding carboxylic acids is 1. The van der Waals surface area contributed by atoms with E-state index >= 15 is 0 Å². The third kappa shape index (κ3) is 4.07. The smallest absolute Gasteiger partial charge is 0.270 e.